The topological polar surface area (TPSA) is 65.7 Å². The Hall–Kier alpha value is -0.830. The predicted octanol–water partition coefficient (Wildman–Crippen LogP) is 3.44. The summed E-state index contributed by atoms with van der Waals surface area (Å²) >= 11 is 0. The van der Waals surface area contributed by atoms with Crippen LogP contribution in [0.2, 0.25) is 0 Å². The van der Waals surface area contributed by atoms with E-state index in [0.29, 0.717) is 18.0 Å². The van der Waals surface area contributed by atoms with E-state index in [4.69, 9.17) is 9.52 Å². The summed E-state index contributed by atoms with van der Waals surface area (Å²) in [6, 6.07) is 1.14. The molecule has 0 radical (unpaired) electrons. The van der Waals surface area contributed by atoms with E-state index in [2.05, 4.69) is 48.4 Å². The summed E-state index contributed by atoms with van der Waals surface area (Å²) in [6.45, 7) is 16.7. The van der Waals surface area contributed by atoms with Crippen LogP contribution in [0, 0.1) is 13.8 Å². The normalized spacial score (nSPS) is 17.9. The second kappa shape index (κ2) is 11.1. The van der Waals surface area contributed by atoms with E-state index < -0.39 is 0 Å². The standard InChI is InChI=1S/C19H35N5O.HI/c1-7-20-19(22-17-8-10-24(11-9-17)13(2)3)21-12-14(4)18-15(5)23-25-16(18)6;/h13-14,17H,7-12H2,1-6H3,(H2,20,21,22);1H. The molecular formula is C19H36IN5O. The van der Waals surface area contributed by atoms with Crippen LogP contribution in [-0.4, -0.2) is 54.3 Å². The van der Waals surface area contributed by atoms with Gasteiger partial charge in [-0.25, -0.2) is 0 Å². The first-order valence-electron chi connectivity index (χ1n) is 9.64. The summed E-state index contributed by atoms with van der Waals surface area (Å²) in [5, 5.41) is 11.1. The number of aromatic nitrogens is 1. The van der Waals surface area contributed by atoms with Crippen molar-refractivity contribution in [2.75, 3.05) is 26.2 Å². The van der Waals surface area contributed by atoms with Crippen molar-refractivity contribution in [2.24, 2.45) is 4.99 Å². The lowest BCUT2D eigenvalue weighted by Crippen LogP contribution is -2.50. The molecule has 150 valence electrons. The summed E-state index contributed by atoms with van der Waals surface area (Å²) in [6.07, 6.45) is 2.34. The highest BCUT2D eigenvalue weighted by molar-refractivity contribution is 14.0. The molecule has 2 N–H and O–H groups in total. The molecule has 0 saturated carbocycles. The number of nitrogens with zero attached hydrogens (tertiary/aromatic N) is 3. The minimum atomic E-state index is 0. The van der Waals surface area contributed by atoms with Crippen molar-refractivity contribution in [1.82, 2.24) is 20.7 Å². The van der Waals surface area contributed by atoms with E-state index in [1.165, 1.54) is 18.4 Å². The molecule has 0 aliphatic carbocycles. The molecule has 2 heterocycles. The average Bonchev–Trinajstić information content (AvgIpc) is 2.92. The van der Waals surface area contributed by atoms with Crippen LogP contribution in [0.1, 0.15) is 63.5 Å². The highest BCUT2D eigenvalue weighted by Crippen LogP contribution is 2.23. The molecule has 1 aromatic heterocycles. The van der Waals surface area contributed by atoms with Crippen LogP contribution in [0.5, 0.6) is 0 Å². The number of hydrogen-bond acceptors (Lipinski definition) is 4. The number of aryl methyl sites for hydroxylation is 2. The maximum absolute atomic E-state index is 5.29. The number of hydrogen-bond donors (Lipinski definition) is 2. The fourth-order valence-corrected chi connectivity index (χ4v) is 3.59. The van der Waals surface area contributed by atoms with Gasteiger partial charge in [-0.2, -0.15) is 0 Å². The molecule has 0 spiro atoms. The summed E-state index contributed by atoms with van der Waals surface area (Å²) < 4.78 is 5.29. The third-order valence-corrected chi connectivity index (χ3v) is 5.05. The van der Waals surface area contributed by atoms with Crippen LogP contribution in [0.25, 0.3) is 0 Å². The molecule has 7 heteroatoms. The summed E-state index contributed by atoms with van der Waals surface area (Å²) in [5.74, 6) is 2.12. The Morgan fingerprint density at radius 1 is 1.27 bits per heavy atom. The lowest BCUT2D eigenvalue weighted by atomic mass is 10.00. The van der Waals surface area contributed by atoms with Gasteiger partial charge in [0.2, 0.25) is 0 Å². The number of guanidine groups is 1. The number of likely N-dealkylation sites (tertiary alicyclic amines) is 1. The Balaban J connectivity index is 0.00000338. The second-order valence-electron chi connectivity index (χ2n) is 7.41. The zero-order valence-corrected chi connectivity index (χ0v) is 19.5. The minimum absolute atomic E-state index is 0. The van der Waals surface area contributed by atoms with Crippen molar-refractivity contribution in [3.63, 3.8) is 0 Å². The third-order valence-electron chi connectivity index (χ3n) is 5.05. The van der Waals surface area contributed by atoms with Crippen molar-refractivity contribution in [3.8, 4) is 0 Å². The molecule has 1 saturated heterocycles. The number of nitrogens with one attached hydrogen (secondary N) is 2. The molecule has 1 aliphatic rings. The smallest absolute Gasteiger partial charge is 0.191 e. The van der Waals surface area contributed by atoms with Crippen LogP contribution in [0.15, 0.2) is 9.52 Å². The number of rotatable bonds is 6. The van der Waals surface area contributed by atoms with Crippen LogP contribution >= 0.6 is 24.0 Å². The van der Waals surface area contributed by atoms with Crippen LogP contribution < -0.4 is 10.6 Å². The lowest BCUT2D eigenvalue weighted by molar-refractivity contribution is 0.167. The van der Waals surface area contributed by atoms with Gasteiger partial charge in [0.1, 0.15) is 5.76 Å². The summed E-state index contributed by atoms with van der Waals surface area (Å²) in [4.78, 5) is 7.35. The quantitative estimate of drug-likeness (QED) is 0.374. The van der Waals surface area contributed by atoms with Crippen molar-refractivity contribution in [3.05, 3.63) is 17.0 Å². The highest BCUT2D eigenvalue weighted by atomic mass is 127. The van der Waals surface area contributed by atoms with Gasteiger partial charge in [-0.15, -0.1) is 24.0 Å². The number of aliphatic imine (C=N–C) groups is 1. The van der Waals surface area contributed by atoms with Gasteiger partial charge in [-0.1, -0.05) is 12.1 Å². The van der Waals surface area contributed by atoms with Gasteiger partial charge >= 0.3 is 0 Å². The zero-order chi connectivity index (χ0) is 18.4. The summed E-state index contributed by atoms with van der Waals surface area (Å²) in [5.41, 5.74) is 2.16. The Kier molecular flexibility index (Phi) is 9.92. The molecule has 1 fully saturated rings. The van der Waals surface area contributed by atoms with Crippen molar-refractivity contribution in [1.29, 1.82) is 0 Å². The Morgan fingerprint density at radius 3 is 2.42 bits per heavy atom. The number of halogens is 1. The Bertz CT molecular complexity index is 545. The maximum atomic E-state index is 5.29. The predicted molar refractivity (Wildman–Crippen MR) is 119 cm³/mol. The first-order valence-corrected chi connectivity index (χ1v) is 9.64. The molecule has 6 nitrogen and oxygen atoms in total. The molecule has 1 unspecified atom stereocenters. The van der Waals surface area contributed by atoms with E-state index in [1.807, 2.05) is 13.8 Å². The van der Waals surface area contributed by atoms with E-state index in [9.17, 15) is 0 Å². The van der Waals surface area contributed by atoms with E-state index in [0.717, 1.165) is 43.6 Å². The third kappa shape index (κ3) is 6.40. The molecule has 26 heavy (non-hydrogen) atoms. The van der Waals surface area contributed by atoms with Gasteiger partial charge in [0.15, 0.2) is 5.96 Å². The van der Waals surface area contributed by atoms with Gasteiger partial charge in [-0.3, -0.25) is 4.99 Å². The van der Waals surface area contributed by atoms with Gasteiger partial charge in [0, 0.05) is 49.7 Å². The van der Waals surface area contributed by atoms with E-state index >= 15 is 0 Å². The molecule has 1 aliphatic heterocycles. The van der Waals surface area contributed by atoms with Crippen LogP contribution in [0.3, 0.4) is 0 Å². The first kappa shape index (κ1) is 23.2. The van der Waals surface area contributed by atoms with Crippen molar-refractivity contribution >= 4 is 29.9 Å². The summed E-state index contributed by atoms with van der Waals surface area (Å²) in [7, 11) is 0. The molecule has 0 bridgehead atoms. The highest BCUT2D eigenvalue weighted by Gasteiger charge is 2.22. The van der Waals surface area contributed by atoms with Gasteiger partial charge < -0.3 is 20.1 Å². The molecule has 0 aromatic carbocycles. The first-order chi connectivity index (χ1) is 11.9. The fraction of sp³-hybridized carbons (Fsp3) is 0.789. The van der Waals surface area contributed by atoms with Crippen molar-refractivity contribution < 1.29 is 4.52 Å². The van der Waals surface area contributed by atoms with Gasteiger partial charge in [-0.05, 0) is 47.5 Å². The number of piperidine rings is 1. The second-order valence-corrected chi connectivity index (χ2v) is 7.41. The Morgan fingerprint density at radius 2 is 1.92 bits per heavy atom. The van der Waals surface area contributed by atoms with E-state index in [1.54, 1.807) is 0 Å². The van der Waals surface area contributed by atoms with E-state index in [-0.39, 0.29) is 24.0 Å². The molecule has 0 amide bonds. The molecular weight excluding hydrogens is 441 g/mol. The fourth-order valence-electron chi connectivity index (χ4n) is 3.59. The maximum Gasteiger partial charge on any atom is 0.191 e. The monoisotopic (exact) mass is 477 g/mol. The van der Waals surface area contributed by atoms with Gasteiger partial charge in [0.05, 0.1) is 5.69 Å². The van der Waals surface area contributed by atoms with Crippen LogP contribution in [-0.2, 0) is 0 Å². The van der Waals surface area contributed by atoms with Crippen LogP contribution in [0.4, 0.5) is 0 Å². The minimum Gasteiger partial charge on any atom is -0.361 e. The SMILES string of the molecule is CCNC(=NCC(C)c1c(C)noc1C)NC1CCN(C(C)C)CC1.I. The Labute approximate surface area is 175 Å². The molecule has 1 aromatic rings. The zero-order valence-electron chi connectivity index (χ0n) is 17.1. The molecule has 2 rings (SSSR count). The lowest BCUT2D eigenvalue weighted by Gasteiger charge is -2.35. The average molecular weight is 477 g/mol. The molecule has 1 atom stereocenters. The van der Waals surface area contributed by atoms with Crippen molar-refractivity contribution in [2.45, 2.75) is 72.4 Å². The largest absolute Gasteiger partial charge is 0.361 e. The van der Waals surface area contributed by atoms with Gasteiger partial charge in [0.25, 0.3) is 0 Å².